The molecule has 0 heterocycles. The Morgan fingerprint density at radius 2 is 1.67 bits per heavy atom. The first-order chi connectivity index (χ1) is 8.63. The van der Waals surface area contributed by atoms with Crippen LogP contribution in [0.1, 0.15) is 46.5 Å². The maximum Gasteiger partial charge on any atom is 0.0624 e. The van der Waals surface area contributed by atoms with E-state index in [9.17, 15) is 0 Å². The largest absolute Gasteiger partial charge is 0.382 e. The molecule has 0 fully saturated rings. The minimum Gasteiger partial charge on any atom is -0.382 e. The van der Waals surface area contributed by atoms with Crippen molar-refractivity contribution in [2.75, 3.05) is 26.9 Å². The van der Waals surface area contributed by atoms with Crippen LogP contribution < -0.4 is 5.73 Å². The van der Waals surface area contributed by atoms with E-state index in [0.717, 1.165) is 32.3 Å². The van der Waals surface area contributed by atoms with Crippen LogP contribution in [0, 0.1) is 0 Å². The summed E-state index contributed by atoms with van der Waals surface area (Å²) in [5, 5.41) is 0. The Hall–Kier alpha value is -0.160. The van der Waals surface area contributed by atoms with Crippen LogP contribution in [0.5, 0.6) is 0 Å². The van der Waals surface area contributed by atoms with Gasteiger partial charge in [-0.2, -0.15) is 0 Å². The zero-order valence-corrected chi connectivity index (χ0v) is 12.5. The Morgan fingerprint density at radius 3 is 2.22 bits per heavy atom. The minimum atomic E-state index is 0.184. The van der Waals surface area contributed by atoms with Crippen LogP contribution in [0.2, 0.25) is 0 Å². The molecule has 0 aliphatic rings. The second-order valence-electron chi connectivity index (χ2n) is 4.83. The maximum absolute atomic E-state index is 5.91. The fourth-order valence-corrected chi connectivity index (χ4v) is 1.80. The van der Waals surface area contributed by atoms with Crippen molar-refractivity contribution in [3.05, 3.63) is 0 Å². The van der Waals surface area contributed by atoms with Gasteiger partial charge in [-0.15, -0.1) is 0 Å². The van der Waals surface area contributed by atoms with Gasteiger partial charge in [0.15, 0.2) is 0 Å². The number of methoxy groups -OCH3 is 1. The van der Waals surface area contributed by atoms with E-state index in [4.69, 9.17) is 19.9 Å². The summed E-state index contributed by atoms with van der Waals surface area (Å²) in [7, 11) is 1.74. The van der Waals surface area contributed by atoms with E-state index in [1.54, 1.807) is 7.11 Å². The lowest BCUT2D eigenvalue weighted by atomic mass is 10.1. The van der Waals surface area contributed by atoms with Gasteiger partial charge in [-0.1, -0.05) is 13.3 Å². The van der Waals surface area contributed by atoms with Crippen LogP contribution in [0.25, 0.3) is 0 Å². The van der Waals surface area contributed by atoms with Crippen LogP contribution in [-0.2, 0) is 14.2 Å². The standard InChI is InChI=1S/C14H31NO3/c1-5-6-8-18-14(10-12(2)16-4)11-13(3)17-9-7-15/h12-14H,5-11,15H2,1-4H3. The first-order valence-corrected chi connectivity index (χ1v) is 7.10. The second kappa shape index (κ2) is 11.9. The molecular weight excluding hydrogens is 230 g/mol. The third kappa shape index (κ3) is 9.83. The smallest absolute Gasteiger partial charge is 0.0624 e. The number of hydrogen-bond acceptors (Lipinski definition) is 4. The number of ether oxygens (including phenoxy) is 3. The predicted octanol–water partition coefficient (Wildman–Crippen LogP) is 2.35. The van der Waals surface area contributed by atoms with Crippen LogP contribution in [-0.4, -0.2) is 45.2 Å². The van der Waals surface area contributed by atoms with Crippen molar-refractivity contribution in [3.8, 4) is 0 Å². The second-order valence-corrected chi connectivity index (χ2v) is 4.83. The van der Waals surface area contributed by atoms with Gasteiger partial charge >= 0.3 is 0 Å². The summed E-state index contributed by atoms with van der Waals surface area (Å²) in [6.07, 6.45) is 4.69. The van der Waals surface area contributed by atoms with Gasteiger partial charge in [0, 0.05) is 20.3 Å². The van der Waals surface area contributed by atoms with E-state index < -0.39 is 0 Å². The highest BCUT2D eigenvalue weighted by atomic mass is 16.5. The molecule has 0 aliphatic heterocycles. The fourth-order valence-electron chi connectivity index (χ4n) is 1.80. The Labute approximate surface area is 112 Å². The SMILES string of the molecule is CCCCOC(CC(C)OC)CC(C)OCCN. The van der Waals surface area contributed by atoms with Crippen molar-refractivity contribution in [1.29, 1.82) is 0 Å². The molecule has 0 amide bonds. The molecule has 0 saturated carbocycles. The van der Waals surface area contributed by atoms with Gasteiger partial charge in [-0.25, -0.2) is 0 Å². The average Bonchev–Trinajstić information content (AvgIpc) is 2.36. The van der Waals surface area contributed by atoms with Crippen molar-refractivity contribution in [3.63, 3.8) is 0 Å². The van der Waals surface area contributed by atoms with Gasteiger partial charge < -0.3 is 19.9 Å². The first kappa shape index (κ1) is 17.8. The summed E-state index contributed by atoms with van der Waals surface area (Å²) in [4.78, 5) is 0. The average molecular weight is 261 g/mol. The Morgan fingerprint density at radius 1 is 1.00 bits per heavy atom. The molecule has 0 aromatic heterocycles. The van der Waals surface area contributed by atoms with Gasteiger partial charge in [-0.05, 0) is 33.1 Å². The van der Waals surface area contributed by atoms with E-state index in [1.807, 2.05) is 0 Å². The molecule has 0 spiro atoms. The molecule has 0 aliphatic carbocycles. The number of hydrogen-bond donors (Lipinski definition) is 1. The van der Waals surface area contributed by atoms with Crippen LogP contribution in [0.4, 0.5) is 0 Å². The lowest BCUT2D eigenvalue weighted by Crippen LogP contribution is -2.27. The maximum atomic E-state index is 5.91. The predicted molar refractivity (Wildman–Crippen MR) is 74.8 cm³/mol. The number of unbranched alkanes of at least 4 members (excludes halogenated alkanes) is 1. The molecule has 2 N–H and O–H groups in total. The Balaban J connectivity index is 4.01. The van der Waals surface area contributed by atoms with Crippen molar-refractivity contribution in [2.45, 2.75) is 64.8 Å². The zero-order chi connectivity index (χ0) is 13.8. The summed E-state index contributed by atoms with van der Waals surface area (Å²) in [5.74, 6) is 0. The van der Waals surface area contributed by atoms with E-state index in [0.29, 0.717) is 13.2 Å². The molecule has 3 atom stereocenters. The molecule has 4 heteroatoms. The lowest BCUT2D eigenvalue weighted by Gasteiger charge is -2.24. The number of nitrogens with two attached hydrogens (primary N) is 1. The van der Waals surface area contributed by atoms with Crippen LogP contribution in [0.15, 0.2) is 0 Å². The molecule has 0 rings (SSSR count). The minimum absolute atomic E-state index is 0.184. The van der Waals surface area contributed by atoms with E-state index in [2.05, 4.69) is 20.8 Å². The molecule has 0 radical (unpaired) electrons. The highest BCUT2D eigenvalue weighted by Gasteiger charge is 2.17. The summed E-state index contributed by atoms with van der Waals surface area (Å²) in [6, 6.07) is 0. The topological polar surface area (TPSA) is 53.7 Å². The van der Waals surface area contributed by atoms with Gasteiger partial charge in [0.2, 0.25) is 0 Å². The van der Waals surface area contributed by atoms with Crippen molar-refractivity contribution >= 4 is 0 Å². The van der Waals surface area contributed by atoms with Crippen molar-refractivity contribution < 1.29 is 14.2 Å². The third-order valence-electron chi connectivity index (χ3n) is 2.96. The van der Waals surface area contributed by atoms with E-state index >= 15 is 0 Å². The van der Waals surface area contributed by atoms with Gasteiger partial charge in [0.05, 0.1) is 24.9 Å². The molecule has 4 nitrogen and oxygen atoms in total. The highest BCUT2D eigenvalue weighted by Crippen LogP contribution is 2.14. The van der Waals surface area contributed by atoms with Gasteiger partial charge in [0.25, 0.3) is 0 Å². The van der Waals surface area contributed by atoms with Crippen LogP contribution in [0.3, 0.4) is 0 Å². The summed E-state index contributed by atoms with van der Waals surface area (Å²) in [6.45, 7) is 8.32. The van der Waals surface area contributed by atoms with Crippen molar-refractivity contribution in [2.24, 2.45) is 5.73 Å². The molecule has 0 aromatic rings. The molecular formula is C14H31NO3. The zero-order valence-electron chi connectivity index (χ0n) is 12.5. The lowest BCUT2D eigenvalue weighted by molar-refractivity contribution is -0.0335. The highest BCUT2D eigenvalue weighted by molar-refractivity contribution is 4.67. The molecule has 0 bridgehead atoms. The fraction of sp³-hybridized carbons (Fsp3) is 1.00. The molecule has 0 aromatic carbocycles. The van der Waals surface area contributed by atoms with Gasteiger partial charge in [-0.3, -0.25) is 0 Å². The monoisotopic (exact) mass is 261 g/mol. The summed E-state index contributed by atoms with van der Waals surface area (Å²) in [5.41, 5.74) is 5.43. The van der Waals surface area contributed by atoms with E-state index in [-0.39, 0.29) is 18.3 Å². The molecule has 110 valence electrons. The number of rotatable bonds is 12. The summed E-state index contributed by atoms with van der Waals surface area (Å²) < 4.78 is 16.8. The van der Waals surface area contributed by atoms with Crippen LogP contribution >= 0.6 is 0 Å². The molecule has 0 saturated heterocycles. The third-order valence-corrected chi connectivity index (χ3v) is 2.96. The Kier molecular flexibility index (Phi) is 11.8. The first-order valence-electron chi connectivity index (χ1n) is 7.10. The summed E-state index contributed by atoms with van der Waals surface area (Å²) >= 11 is 0. The van der Waals surface area contributed by atoms with Gasteiger partial charge in [0.1, 0.15) is 0 Å². The quantitative estimate of drug-likeness (QED) is 0.548. The van der Waals surface area contributed by atoms with E-state index in [1.165, 1.54) is 0 Å². The molecule has 18 heavy (non-hydrogen) atoms. The Bertz CT molecular complexity index is 178. The molecule has 3 unspecified atom stereocenters. The van der Waals surface area contributed by atoms with Crippen molar-refractivity contribution in [1.82, 2.24) is 0 Å². The normalized spacial score (nSPS) is 16.5.